The van der Waals surface area contributed by atoms with Gasteiger partial charge < -0.3 is 9.30 Å². The summed E-state index contributed by atoms with van der Waals surface area (Å²) in [7, 11) is 0. The molecule has 1 aliphatic carbocycles. The molecule has 0 unspecified atom stereocenters. The summed E-state index contributed by atoms with van der Waals surface area (Å²) in [4.78, 5) is 24.1. The number of nitrogens with zero attached hydrogens (tertiary/aromatic N) is 1. The molecule has 24 heavy (non-hydrogen) atoms. The molecule has 1 aliphatic rings. The molecule has 0 radical (unpaired) electrons. The number of esters is 1. The van der Waals surface area contributed by atoms with Crippen molar-refractivity contribution in [1.82, 2.24) is 4.57 Å². The van der Waals surface area contributed by atoms with Gasteiger partial charge in [-0.2, -0.15) is 0 Å². The minimum absolute atomic E-state index is 0.0969. The predicted octanol–water partition coefficient (Wildman–Crippen LogP) is 3.02. The van der Waals surface area contributed by atoms with Gasteiger partial charge in [-0.1, -0.05) is 0 Å². The minimum Gasteiger partial charge on any atom is -0.462 e. The summed E-state index contributed by atoms with van der Waals surface area (Å²) in [5.41, 5.74) is -2.99. The normalized spacial score (nSPS) is 19.6. The van der Waals surface area contributed by atoms with Crippen LogP contribution in [0, 0.1) is 23.3 Å². The molecule has 1 aromatic carbocycles. The zero-order valence-corrected chi connectivity index (χ0v) is 12.2. The van der Waals surface area contributed by atoms with Crippen molar-refractivity contribution in [2.24, 2.45) is 0 Å². The monoisotopic (exact) mass is 347 g/mol. The summed E-state index contributed by atoms with van der Waals surface area (Å²) in [5, 5.41) is -1.16. The maximum Gasteiger partial charge on any atom is 0.343 e. The summed E-state index contributed by atoms with van der Waals surface area (Å²) >= 11 is 0. The van der Waals surface area contributed by atoms with Gasteiger partial charge in [-0.25, -0.2) is 26.7 Å². The van der Waals surface area contributed by atoms with Crippen molar-refractivity contribution in [3.63, 3.8) is 0 Å². The Morgan fingerprint density at radius 2 is 1.79 bits per heavy atom. The van der Waals surface area contributed by atoms with Gasteiger partial charge in [-0.3, -0.25) is 4.79 Å². The van der Waals surface area contributed by atoms with E-state index in [-0.39, 0.29) is 13.0 Å². The van der Waals surface area contributed by atoms with E-state index in [0.717, 1.165) is 10.8 Å². The summed E-state index contributed by atoms with van der Waals surface area (Å²) in [6, 6.07) is -1.01. The van der Waals surface area contributed by atoms with Crippen molar-refractivity contribution in [2.45, 2.75) is 25.6 Å². The number of benzene rings is 1. The van der Waals surface area contributed by atoms with E-state index in [1.165, 1.54) is 6.92 Å². The topological polar surface area (TPSA) is 48.3 Å². The number of ether oxygens (including phenoxy) is 1. The van der Waals surface area contributed by atoms with Crippen molar-refractivity contribution in [3.8, 4) is 0 Å². The van der Waals surface area contributed by atoms with Crippen molar-refractivity contribution >= 4 is 16.9 Å². The lowest BCUT2D eigenvalue weighted by Gasteiger charge is -2.14. The molecule has 2 atom stereocenters. The Kier molecular flexibility index (Phi) is 3.81. The number of carbonyl (C=O) groups excluding carboxylic acids is 1. The van der Waals surface area contributed by atoms with Crippen LogP contribution in [-0.2, 0) is 4.74 Å². The number of aromatic nitrogens is 1. The standard InChI is InChI=1S/C15H10F5NO3/c1-2-24-15(23)5-4-21(7-3-6(7)16)13-8(14(5)22)9(17)10(18)11(19)12(13)20/h4,6-7H,2-3H2,1H3/t6-,7+/m0/s1. The Morgan fingerprint density at radius 3 is 2.33 bits per heavy atom. The molecule has 9 heteroatoms. The second-order valence-corrected chi connectivity index (χ2v) is 5.30. The zero-order valence-electron chi connectivity index (χ0n) is 12.2. The van der Waals surface area contributed by atoms with Crippen LogP contribution in [0.4, 0.5) is 22.0 Å². The molecule has 3 rings (SSSR count). The first-order valence-electron chi connectivity index (χ1n) is 7.01. The SMILES string of the molecule is CCOC(=O)c1cn([C@@H]2C[C@@H]2F)c2c(F)c(F)c(F)c(F)c2c1=O. The molecule has 0 bridgehead atoms. The highest BCUT2D eigenvalue weighted by atomic mass is 19.2. The van der Waals surface area contributed by atoms with Crippen LogP contribution in [-0.4, -0.2) is 23.3 Å². The lowest BCUT2D eigenvalue weighted by molar-refractivity contribution is 0.0524. The van der Waals surface area contributed by atoms with Crippen molar-refractivity contribution < 1.29 is 31.5 Å². The number of alkyl halides is 1. The van der Waals surface area contributed by atoms with Crippen molar-refractivity contribution in [3.05, 3.63) is 45.3 Å². The van der Waals surface area contributed by atoms with Crippen LogP contribution in [0.5, 0.6) is 0 Å². The second kappa shape index (κ2) is 5.57. The van der Waals surface area contributed by atoms with Crippen LogP contribution < -0.4 is 5.43 Å². The van der Waals surface area contributed by atoms with Gasteiger partial charge in [0.2, 0.25) is 5.43 Å². The van der Waals surface area contributed by atoms with E-state index in [1.807, 2.05) is 0 Å². The Hall–Kier alpha value is -2.45. The third-order valence-corrected chi connectivity index (χ3v) is 3.77. The predicted molar refractivity (Wildman–Crippen MR) is 72.5 cm³/mol. The average molecular weight is 347 g/mol. The van der Waals surface area contributed by atoms with Gasteiger partial charge in [0.05, 0.1) is 23.6 Å². The lowest BCUT2D eigenvalue weighted by Crippen LogP contribution is -2.23. The van der Waals surface area contributed by atoms with Crippen molar-refractivity contribution in [2.75, 3.05) is 6.61 Å². The van der Waals surface area contributed by atoms with Gasteiger partial charge >= 0.3 is 5.97 Å². The molecule has 1 aromatic heterocycles. The molecule has 1 fully saturated rings. The van der Waals surface area contributed by atoms with E-state index in [1.54, 1.807) is 0 Å². The molecule has 0 aliphatic heterocycles. The van der Waals surface area contributed by atoms with Crippen LogP contribution >= 0.6 is 0 Å². The summed E-state index contributed by atoms with van der Waals surface area (Å²) in [5.74, 6) is -9.22. The number of hydrogen-bond donors (Lipinski definition) is 0. The molecular weight excluding hydrogens is 337 g/mol. The fourth-order valence-corrected chi connectivity index (χ4v) is 2.52. The van der Waals surface area contributed by atoms with Gasteiger partial charge in [0.1, 0.15) is 11.7 Å². The van der Waals surface area contributed by atoms with E-state index in [4.69, 9.17) is 0 Å². The highest BCUT2D eigenvalue weighted by Gasteiger charge is 2.41. The molecule has 0 N–H and O–H groups in total. The number of halogens is 5. The van der Waals surface area contributed by atoms with E-state index < -0.39 is 63.3 Å². The van der Waals surface area contributed by atoms with Crippen LogP contribution in [0.2, 0.25) is 0 Å². The number of hydrogen-bond acceptors (Lipinski definition) is 3. The summed E-state index contributed by atoms with van der Waals surface area (Å²) < 4.78 is 73.9. The maximum atomic E-state index is 14.1. The van der Waals surface area contributed by atoms with E-state index in [9.17, 15) is 31.5 Å². The second-order valence-electron chi connectivity index (χ2n) is 5.30. The van der Waals surface area contributed by atoms with Gasteiger partial charge in [0.15, 0.2) is 23.3 Å². The smallest absolute Gasteiger partial charge is 0.343 e. The van der Waals surface area contributed by atoms with E-state index in [2.05, 4.69) is 4.74 Å². The quantitative estimate of drug-likeness (QED) is 0.371. The highest BCUT2D eigenvalue weighted by Crippen LogP contribution is 2.41. The van der Waals surface area contributed by atoms with E-state index in [0.29, 0.717) is 0 Å². The Labute approximate surface area is 131 Å². The van der Waals surface area contributed by atoms with Crippen LogP contribution in [0.25, 0.3) is 10.9 Å². The molecule has 0 saturated heterocycles. The van der Waals surface area contributed by atoms with E-state index >= 15 is 0 Å². The zero-order chi connectivity index (χ0) is 17.8. The first-order valence-corrected chi connectivity index (χ1v) is 7.01. The highest BCUT2D eigenvalue weighted by molar-refractivity contribution is 5.94. The van der Waals surface area contributed by atoms with Gasteiger partial charge in [-0.15, -0.1) is 0 Å². The first kappa shape index (κ1) is 16.4. The fraction of sp³-hybridized carbons (Fsp3) is 0.333. The Bertz CT molecular complexity index is 924. The Morgan fingerprint density at radius 1 is 1.21 bits per heavy atom. The summed E-state index contributed by atoms with van der Waals surface area (Å²) in [6.45, 7) is 1.34. The van der Waals surface area contributed by atoms with Gasteiger partial charge in [-0.05, 0) is 6.92 Å². The molecule has 2 aromatic rings. The lowest BCUT2D eigenvalue weighted by atomic mass is 10.1. The third kappa shape index (κ3) is 2.26. The molecule has 4 nitrogen and oxygen atoms in total. The molecule has 0 amide bonds. The third-order valence-electron chi connectivity index (χ3n) is 3.77. The summed E-state index contributed by atoms with van der Waals surface area (Å²) in [6.07, 6.45) is -0.756. The largest absolute Gasteiger partial charge is 0.462 e. The maximum absolute atomic E-state index is 14.1. The molecule has 0 spiro atoms. The minimum atomic E-state index is -2.18. The average Bonchev–Trinajstić information content (AvgIpc) is 3.27. The van der Waals surface area contributed by atoms with Gasteiger partial charge in [0.25, 0.3) is 0 Å². The number of carbonyl (C=O) groups is 1. The van der Waals surface area contributed by atoms with Crippen molar-refractivity contribution in [1.29, 1.82) is 0 Å². The number of pyridine rings is 1. The first-order chi connectivity index (χ1) is 11.3. The number of rotatable bonds is 3. The van der Waals surface area contributed by atoms with Gasteiger partial charge in [0, 0.05) is 12.6 Å². The van der Waals surface area contributed by atoms with Crippen LogP contribution in [0.3, 0.4) is 0 Å². The van der Waals surface area contributed by atoms with Crippen LogP contribution in [0.1, 0.15) is 29.7 Å². The molecule has 128 valence electrons. The molecule has 1 heterocycles. The molecule has 1 saturated carbocycles. The number of fused-ring (bicyclic) bond motifs is 1. The fourth-order valence-electron chi connectivity index (χ4n) is 2.52. The molecular formula is C15H10F5NO3. The Balaban J connectivity index is 2.45. The van der Waals surface area contributed by atoms with Crippen LogP contribution in [0.15, 0.2) is 11.0 Å².